The molecule has 0 radical (unpaired) electrons. The summed E-state index contributed by atoms with van der Waals surface area (Å²) in [5, 5.41) is 10.7. The van der Waals surface area contributed by atoms with Crippen LogP contribution in [0.3, 0.4) is 0 Å². The first kappa shape index (κ1) is 17.5. The zero-order valence-corrected chi connectivity index (χ0v) is 15.6. The molecule has 0 aliphatic carbocycles. The van der Waals surface area contributed by atoms with Crippen LogP contribution in [-0.2, 0) is 9.59 Å². The van der Waals surface area contributed by atoms with Gasteiger partial charge in [0.05, 0.1) is 4.91 Å². The summed E-state index contributed by atoms with van der Waals surface area (Å²) in [4.78, 5) is 29.6. The van der Waals surface area contributed by atoms with Crippen molar-refractivity contribution in [3.05, 3.63) is 76.8 Å². The Balaban J connectivity index is 1.72. The summed E-state index contributed by atoms with van der Waals surface area (Å²) in [7, 11) is 0. The molecule has 1 fully saturated rings. The standard InChI is InChI=1S/C20H14N2O3S2/c23-18-16(10-13-11-21-15-9-5-4-8-14(13)15)27-20(26)22(18)17(19(24)25)12-6-2-1-3-7-12/h1-11,17,21H,(H,24,25)/b16-10-. The third-order valence-electron chi connectivity index (χ3n) is 4.34. The molecule has 1 saturated heterocycles. The smallest absolute Gasteiger partial charge is 0.331 e. The number of carboxylic acid groups (broad SMARTS) is 1. The molecule has 1 aliphatic rings. The van der Waals surface area contributed by atoms with Gasteiger partial charge >= 0.3 is 5.97 Å². The number of aromatic amines is 1. The molecule has 0 spiro atoms. The Morgan fingerprint density at radius 2 is 1.85 bits per heavy atom. The molecule has 1 amide bonds. The minimum Gasteiger partial charge on any atom is -0.479 e. The molecule has 0 saturated carbocycles. The van der Waals surface area contributed by atoms with Crippen LogP contribution in [0, 0.1) is 0 Å². The van der Waals surface area contributed by atoms with Gasteiger partial charge in [-0.05, 0) is 17.7 Å². The number of hydrogen-bond acceptors (Lipinski definition) is 4. The van der Waals surface area contributed by atoms with Gasteiger partial charge < -0.3 is 10.1 Å². The highest BCUT2D eigenvalue weighted by molar-refractivity contribution is 8.26. The maximum Gasteiger partial charge on any atom is 0.331 e. The number of para-hydroxylation sites is 1. The minimum absolute atomic E-state index is 0.238. The van der Waals surface area contributed by atoms with Crippen molar-refractivity contribution in [1.82, 2.24) is 9.88 Å². The number of thioether (sulfide) groups is 1. The van der Waals surface area contributed by atoms with Crippen LogP contribution in [0.15, 0.2) is 65.7 Å². The van der Waals surface area contributed by atoms with Crippen LogP contribution in [0.5, 0.6) is 0 Å². The molecule has 2 heterocycles. The zero-order valence-electron chi connectivity index (χ0n) is 14.0. The Bertz CT molecular complexity index is 1090. The molecule has 1 atom stereocenters. The first-order chi connectivity index (χ1) is 13.1. The normalized spacial score (nSPS) is 17.0. The number of amides is 1. The van der Waals surface area contributed by atoms with Crippen molar-refractivity contribution in [3.8, 4) is 0 Å². The maximum absolute atomic E-state index is 13.0. The number of nitrogens with one attached hydrogen (secondary N) is 1. The van der Waals surface area contributed by atoms with Gasteiger partial charge in [-0.3, -0.25) is 9.69 Å². The lowest BCUT2D eigenvalue weighted by Gasteiger charge is -2.23. The molecular formula is C20H14N2O3S2. The lowest BCUT2D eigenvalue weighted by molar-refractivity contribution is -0.145. The van der Waals surface area contributed by atoms with E-state index in [4.69, 9.17) is 12.2 Å². The number of rotatable bonds is 4. The van der Waals surface area contributed by atoms with Gasteiger partial charge in [0.1, 0.15) is 4.32 Å². The number of aromatic nitrogens is 1. The summed E-state index contributed by atoms with van der Waals surface area (Å²) in [5.41, 5.74) is 2.33. The third kappa shape index (κ3) is 3.15. The fourth-order valence-corrected chi connectivity index (χ4v) is 4.40. The molecular weight excluding hydrogens is 380 g/mol. The van der Waals surface area contributed by atoms with Gasteiger partial charge in [0.25, 0.3) is 5.91 Å². The van der Waals surface area contributed by atoms with E-state index in [1.54, 1.807) is 36.4 Å². The van der Waals surface area contributed by atoms with E-state index in [0.717, 1.165) is 28.2 Å². The Labute approximate surface area is 164 Å². The van der Waals surface area contributed by atoms with Gasteiger partial charge in [0.15, 0.2) is 6.04 Å². The molecule has 1 aromatic heterocycles. The average Bonchev–Trinajstić information content (AvgIpc) is 3.19. The van der Waals surface area contributed by atoms with Crippen molar-refractivity contribution in [2.24, 2.45) is 0 Å². The van der Waals surface area contributed by atoms with E-state index in [0.29, 0.717) is 10.5 Å². The Morgan fingerprint density at radius 3 is 2.59 bits per heavy atom. The second-order valence-corrected chi connectivity index (χ2v) is 7.67. The largest absolute Gasteiger partial charge is 0.479 e. The molecule has 27 heavy (non-hydrogen) atoms. The SMILES string of the molecule is O=C(O)C(c1ccccc1)N1C(=O)/C(=C/c2c[nH]c3ccccc23)SC1=S. The number of aliphatic carboxylic acids is 1. The van der Waals surface area contributed by atoms with Crippen LogP contribution < -0.4 is 0 Å². The molecule has 1 aliphatic heterocycles. The Hall–Kier alpha value is -2.90. The monoisotopic (exact) mass is 394 g/mol. The number of benzene rings is 2. The van der Waals surface area contributed by atoms with Gasteiger partial charge in [0.2, 0.25) is 0 Å². The first-order valence-electron chi connectivity index (χ1n) is 8.17. The van der Waals surface area contributed by atoms with E-state index >= 15 is 0 Å². The maximum atomic E-state index is 13.0. The molecule has 5 nitrogen and oxygen atoms in total. The molecule has 134 valence electrons. The summed E-state index contributed by atoms with van der Waals surface area (Å²) in [5.74, 6) is -1.52. The second kappa shape index (κ2) is 7.02. The fraction of sp³-hybridized carbons (Fsp3) is 0.0500. The minimum atomic E-state index is -1.15. The number of carbonyl (C=O) groups is 2. The summed E-state index contributed by atoms with van der Waals surface area (Å²) in [6.45, 7) is 0. The van der Waals surface area contributed by atoms with Crippen molar-refractivity contribution in [3.63, 3.8) is 0 Å². The number of fused-ring (bicyclic) bond motifs is 1. The fourth-order valence-electron chi connectivity index (χ4n) is 3.09. The number of carboxylic acids is 1. The van der Waals surface area contributed by atoms with Crippen LogP contribution >= 0.6 is 24.0 Å². The number of thiocarbonyl (C=S) groups is 1. The molecule has 2 N–H and O–H groups in total. The molecule has 0 bridgehead atoms. The number of nitrogens with zero attached hydrogens (tertiary/aromatic N) is 1. The van der Waals surface area contributed by atoms with Gasteiger partial charge in [-0.2, -0.15) is 0 Å². The van der Waals surface area contributed by atoms with E-state index in [1.165, 1.54) is 4.90 Å². The summed E-state index contributed by atoms with van der Waals surface area (Å²) in [6.07, 6.45) is 3.57. The number of hydrogen-bond donors (Lipinski definition) is 2. The summed E-state index contributed by atoms with van der Waals surface area (Å²) in [6, 6.07) is 15.3. The first-order valence-corrected chi connectivity index (χ1v) is 9.39. The van der Waals surface area contributed by atoms with Crippen LogP contribution in [-0.4, -0.2) is 31.2 Å². The third-order valence-corrected chi connectivity index (χ3v) is 5.67. The predicted octanol–water partition coefficient (Wildman–Crippen LogP) is 4.20. The van der Waals surface area contributed by atoms with E-state index < -0.39 is 17.9 Å². The quantitative estimate of drug-likeness (QED) is 0.513. The molecule has 1 unspecified atom stereocenters. The van der Waals surface area contributed by atoms with Crippen LogP contribution in [0.2, 0.25) is 0 Å². The molecule has 7 heteroatoms. The van der Waals surface area contributed by atoms with Crippen molar-refractivity contribution in [2.75, 3.05) is 0 Å². The second-order valence-electron chi connectivity index (χ2n) is 5.99. The van der Waals surface area contributed by atoms with E-state index in [-0.39, 0.29) is 4.32 Å². The molecule has 4 rings (SSSR count). The van der Waals surface area contributed by atoms with Gasteiger partial charge in [0, 0.05) is 22.7 Å². The van der Waals surface area contributed by atoms with Crippen molar-refractivity contribution < 1.29 is 14.7 Å². The highest BCUT2D eigenvalue weighted by atomic mass is 32.2. The van der Waals surface area contributed by atoms with Gasteiger partial charge in [-0.1, -0.05) is 72.5 Å². The summed E-state index contributed by atoms with van der Waals surface area (Å²) < 4.78 is 0.238. The highest BCUT2D eigenvalue weighted by Crippen LogP contribution is 2.39. The van der Waals surface area contributed by atoms with Gasteiger partial charge in [-0.15, -0.1) is 0 Å². The van der Waals surface area contributed by atoms with Crippen molar-refractivity contribution in [1.29, 1.82) is 0 Å². The number of H-pyrrole nitrogens is 1. The average molecular weight is 394 g/mol. The van der Waals surface area contributed by atoms with Crippen LogP contribution in [0.4, 0.5) is 0 Å². The lowest BCUT2D eigenvalue weighted by atomic mass is 10.1. The summed E-state index contributed by atoms with van der Waals surface area (Å²) >= 11 is 6.46. The number of carbonyl (C=O) groups excluding carboxylic acids is 1. The topological polar surface area (TPSA) is 73.4 Å². The van der Waals surface area contributed by atoms with Crippen LogP contribution in [0.25, 0.3) is 17.0 Å². The van der Waals surface area contributed by atoms with Crippen LogP contribution in [0.1, 0.15) is 17.2 Å². The molecule has 3 aromatic rings. The van der Waals surface area contributed by atoms with Crippen molar-refractivity contribution >= 4 is 57.2 Å². The Kier molecular flexibility index (Phi) is 4.55. The van der Waals surface area contributed by atoms with Gasteiger partial charge in [-0.25, -0.2) is 4.79 Å². The predicted molar refractivity (Wildman–Crippen MR) is 110 cm³/mol. The van der Waals surface area contributed by atoms with E-state index in [9.17, 15) is 14.7 Å². The van der Waals surface area contributed by atoms with E-state index in [1.807, 2.05) is 30.5 Å². The molecule has 2 aromatic carbocycles. The Morgan fingerprint density at radius 1 is 1.15 bits per heavy atom. The van der Waals surface area contributed by atoms with E-state index in [2.05, 4.69) is 4.98 Å². The zero-order chi connectivity index (χ0) is 19.0. The highest BCUT2D eigenvalue weighted by Gasteiger charge is 2.41. The van der Waals surface area contributed by atoms with Crippen molar-refractivity contribution in [2.45, 2.75) is 6.04 Å². The lowest BCUT2D eigenvalue weighted by Crippen LogP contribution is -2.37.